The molecule has 2 aromatic rings. The molecule has 0 aliphatic carbocycles. The standard InChI is InChI=1S/C17H14Cl2FNO3S/c18-12-3-1-11(2-4-12)17(22)21(14-7-8-25(23,24)10-14)13-5-6-16(20)15(19)9-13/h1-6,9,14H,7-8,10H2. The van der Waals surface area contributed by atoms with Crippen LogP contribution in [0.1, 0.15) is 16.8 Å². The Labute approximate surface area is 155 Å². The molecule has 2 aromatic carbocycles. The van der Waals surface area contributed by atoms with Gasteiger partial charge in [0.1, 0.15) is 5.82 Å². The van der Waals surface area contributed by atoms with Gasteiger partial charge in [-0.2, -0.15) is 0 Å². The summed E-state index contributed by atoms with van der Waals surface area (Å²) in [4.78, 5) is 14.4. The Kier molecular flexibility index (Phi) is 5.04. The van der Waals surface area contributed by atoms with Gasteiger partial charge < -0.3 is 4.90 Å². The Morgan fingerprint density at radius 1 is 1.12 bits per heavy atom. The van der Waals surface area contributed by atoms with Gasteiger partial charge in [0.25, 0.3) is 5.91 Å². The van der Waals surface area contributed by atoms with Crippen LogP contribution in [0.25, 0.3) is 0 Å². The normalized spacial score (nSPS) is 18.9. The monoisotopic (exact) mass is 401 g/mol. The fourth-order valence-corrected chi connectivity index (χ4v) is 4.84. The number of halogens is 3. The molecule has 1 heterocycles. The van der Waals surface area contributed by atoms with Crippen LogP contribution in [0, 0.1) is 5.82 Å². The van der Waals surface area contributed by atoms with Crippen molar-refractivity contribution in [3.63, 3.8) is 0 Å². The third kappa shape index (κ3) is 3.97. The SMILES string of the molecule is O=C(c1ccc(Cl)cc1)N(c1ccc(F)c(Cl)c1)C1CCS(=O)(=O)C1. The van der Waals surface area contributed by atoms with Gasteiger partial charge in [-0.25, -0.2) is 12.8 Å². The van der Waals surface area contributed by atoms with Gasteiger partial charge in [0.05, 0.1) is 22.6 Å². The number of rotatable bonds is 3. The van der Waals surface area contributed by atoms with E-state index in [0.29, 0.717) is 22.7 Å². The molecule has 3 rings (SSSR count). The molecule has 0 bridgehead atoms. The predicted octanol–water partition coefficient (Wildman–Crippen LogP) is 3.97. The fraction of sp³-hybridized carbons (Fsp3) is 0.235. The minimum atomic E-state index is -3.21. The van der Waals surface area contributed by atoms with E-state index in [2.05, 4.69) is 0 Å². The molecule has 1 unspecified atom stereocenters. The highest BCUT2D eigenvalue weighted by molar-refractivity contribution is 7.91. The van der Waals surface area contributed by atoms with Crippen molar-refractivity contribution in [1.82, 2.24) is 0 Å². The molecular weight excluding hydrogens is 388 g/mol. The summed E-state index contributed by atoms with van der Waals surface area (Å²) in [5, 5.41) is 0.351. The molecule has 1 amide bonds. The van der Waals surface area contributed by atoms with Gasteiger partial charge >= 0.3 is 0 Å². The number of carbonyl (C=O) groups excluding carboxylic acids is 1. The highest BCUT2D eigenvalue weighted by atomic mass is 35.5. The molecule has 25 heavy (non-hydrogen) atoms. The zero-order valence-electron chi connectivity index (χ0n) is 13.0. The summed E-state index contributed by atoms with van der Waals surface area (Å²) in [6, 6.07) is 9.65. The topological polar surface area (TPSA) is 54.5 Å². The van der Waals surface area contributed by atoms with E-state index >= 15 is 0 Å². The number of nitrogens with zero attached hydrogens (tertiary/aromatic N) is 1. The third-order valence-electron chi connectivity index (χ3n) is 4.06. The van der Waals surface area contributed by atoms with Gasteiger partial charge in [0.15, 0.2) is 9.84 Å². The van der Waals surface area contributed by atoms with Crippen LogP contribution >= 0.6 is 23.2 Å². The molecule has 8 heteroatoms. The number of hydrogen-bond donors (Lipinski definition) is 0. The average Bonchev–Trinajstić information content (AvgIpc) is 2.91. The minimum Gasteiger partial charge on any atom is -0.304 e. The molecule has 0 aromatic heterocycles. The van der Waals surface area contributed by atoms with E-state index < -0.39 is 21.7 Å². The number of benzene rings is 2. The van der Waals surface area contributed by atoms with Crippen molar-refractivity contribution in [2.24, 2.45) is 0 Å². The number of carbonyl (C=O) groups is 1. The van der Waals surface area contributed by atoms with E-state index in [1.54, 1.807) is 24.3 Å². The Morgan fingerprint density at radius 3 is 2.36 bits per heavy atom. The second-order valence-electron chi connectivity index (χ2n) is 5.84. The Morgan fingerprint density at radius 2 is 1.80 bits per heavy atom. The number of sulfone groups is 1. The molecule has 1 aliphatic heterocycles. The van der Waals surface area contributed by atoms with Crippen LogP contribution in [-0.4, -0.2) is 31.9 Å². The summed E-state index contributed by atoms with van der Waals surface area (Å²) < 4.78 is 37.2. The Balaban J connectivity index is 2.03. The van der Waals surface area contributed by atoms with Crippen LogP contribution in [0.3, 0.4) is 0 Å². The first-order chi connectivity index (χ1) is 11.8. The van der Waals surface area contributed by atoms with Gasteiger partial charge in [0.2, 0.25) is 0 Å². The van der Waals surface area contributed by atoms with Gasteiger partial charge in [-0.1, -0.05) is 23.2 Å². The van der Waals surface area contributed by atoms with Crippen LogP contribution in [0.2, 0.25) is 10.0 Å². The maximum absolute atomic E-state index is 13.5. The smallest absolute Gasteiger partial charge is 0.258 e. The molecular formula is C17H14Cl2FNO3S. The first-order valence-electron chi connectivity index (χ1n) is 7.51. The average molecular weight is 402 g/mol. The molecule has 1 atom stereocenters. The van der Waals surface area contributed by atoms with Crippen LogP contribution in [0.5, 0.6) is 0 Å². The highest BCUT2D eigenvalue weighted by Gasteiger charge is 2.36. The lowest BCUT2D eigenvalue weighted by Gasteiger charge is -2.28. The third-order valence-corrected chi connectivity index (χ3v) is 6.36. The number of amides is 1. The Hall–Kier alpha value is -1.63. The molecule has 1 fully saturated rings. The molecule has 0 saturated carbocycles. The van der Waals surface area contributed by atoms with Crippen molar-refractivity contribution in [1.29, 1.82) is 0 Å². The second-order valence-corrected chi connectivity index (χ2v) is 8.91. The van der Waals surface area contributed by atoms with Crippen molar-refractivity contribution in [2.75, 3.05) is 16.4 Å². The van der Waals surface area contributed by atoms with Crippen molar-refractivity contribution in [2.45, 2.75) is 12.5 Å². The summed E-state index contributed by atoms with van der Waals surface area (Å²) >= 11 is 11.7. The molecule has 1 aliphatic rings. The van der Waals surface area contributed by atoms with Crippen LogP contribution in [0.4, 0.5) is 10.1 Å². The zero-order chi connectivity index (χ0) is 18.2. The van der Waals surface area contributed by atoms with E-state index in [1.165, 1.54) is 17.0 Å². The lowest BCUT2D eigenvalue weighted by Crippen LogP contribution is -2.41. The van der Waals surface area contributed by atoms with Crippen molar-refractivity contribution in [3.05, 3.63) is 63.9 Å². The summed E-state index contributed by atoms with van der Waals surface area (Å²) in [5.74, 6) is -1.12. The first kappa shape index (κ1) is 18.2. The van der Waals surface area contributed by atoms with E-state index in [9.17, 15) is 17.6 Å². The zero-order valence-corrected chi connectivity index (χ0v) is 15.3. The van der Waals surface area contributed by atoms with Gasteiger partial charge in [0, 0.05) is 16.3 Å². The highest BCUT2D eigenvalue weighted by Crippen LogP contribution is 2.29. The van der Waals surface area contributed by atoms with Gasteiger partial charge in [-0.3, -0.25) is 4.79 Å². The van der Waals surface area contributed by atoms with E-state index in [-0.39, 0.29) is 22.4 Å². The molecule has 4 nitrogen and oxygen atoms in total. The maximum Gasteiger partial charge on any atom is 0.258 e. The lowest BCUT2D eigenvalue weighted by atomic mass is 10.1. The van der Waals surface area contributed by atoms with E-state index in [1.807, 2.05) is 0 Å². The molecule has 0 N–H and O–H groups in total. The molecule has 0 radical (unpaired) electrons. The van der Waals surface area contributed by atoms with Gasteiger partial charge in [-0.05, 0) is 48.9 Å². The maximum atomic E-state index is 13.5. The summed E-state index contributed by atoms with van der Waals surface area (Å²) in [5.41, 5.74) is 0.711. The number of anilines is 1. The Bertz CT molecular complexity index is 916. The predicted molar refractivity (Wildman–Crippen MR) is 96.7 cm³/mol. The molecule has 0 spiro atoms. The summed E-state index contributed by atoms with van der Waals surface area (Å²) in [6.07, 6.45) is 0.316. The summed E-state index contributed by atoms with van der Waals surface area (Å²) in [6.45, 7) is 0. The van der Waals surface area contributed by atoms with E-state index in [4.69, 9.17) is 23.2 Å². The fourth-order valence-electron chi connectivity index (χ4n) is 2.84. The first-order valence-corrected chi connectivity index (χ1v) is 10.1. The quantitative estimate of drug-likeness (QED) is 0.781. The van der Waals surface area contributed by atoms with Crippen LogP contribution in [-0.2, 0) is 9.84 Å². The van der Waals surface area contributed by atoms with E-state index in [0.717, 1.165) is 6.07 Å². The summed E-state index contributed by atoms with van der Waals surface area (Å²) in [7, 11) is -3.21. The minimum absolute atomic E-state index is 0.0109. The molecule has 1 saturated heterocycles. The second kappa shape index (κ2) is 6.94. The van der Waals surface area contributed by atoms with Crippen molar-refractivity contribution < 1.29 is 17.6 Å². The molecule has 132 valence electrons. The van der Waals surface area contributed by atoms with Crippen molar-refractivity contribution >= 4 is 44.6 Å². The van der Waals surface area contributed by atoms with Crippen molar-refractivity contribution in [3.8, 4) is 0 Å². The van der Waals surface area contributed by atoms with Gasteiger partial charge in [-0.15, -0.1) is 0 Å². The van der Waals surface area contributed by atoms with Crippen LogP contribution in [0.15, 0.2) is 42.5 Å². The lowest BCUT2D eigenvalue weighted by molar-refractivity contribution is 0.0979. The largest absolute Gasteiger partial charge is 0.304 e. The number of hydrogen-bond acceptors (Lipinski definition) is 3. The van der Waals surface area contributed by atoms with Crippen LogP contribution < -0.4 is 4.90 Å².